The number of hydrogen-bond donors (Lipinski definition) is 2. The lowest BCUT2D eigenvalue weighted by molar-refractivity contribution is 0.0386. The summed E-state index contributed by atoms with van der Waals surface area (Å²) in [6.45, 7) is 1.08. The Kier molecular flexibility index (Phi) is 4.49. The summed E-state index contributed by atoms with van der Waals surface area (Å²) in [4.78, 5) is 0. The van der Waals surface area contributed by atoms with Crippen molar-refractivity contribution in [1.82, 2.24) is 0 Å². The fourth-order valence-electron chi connectivity index (χ4n) is 1.57. The number of nitrogens with one attached hydrogen (secondary N) is 1. The second-order valence-corrected chi connectivity index (χ2v) is 4.64. The van der Waals surface area contributed by atoms with Crippen molar-refractivity contribution in [2.45, 2.75) is 18.9 Å². The predicted molar refractivity (Wildman–Crippen MR) is 64.4 cm³/mol. The normalized spacial score (nSPS) is 16.6. The van der Waals surface area contributed by atoms with Gasteiger partial charge in [0.2, 0.25) is 0 Å². The molecule has 1 aliphatic carbocycles. The summed E-state index contributed by atoms with van der Waals surface area (Å²) in [5, 5.41) is 12.3. The van der Waals surface area contributed by atoms with Crippen molar-refractivity contribution in [2.24, 2.45) is 5.92 Å². The molecule has 1 aliphatic rings. The highest BCUT2D eigenvalue weighted by molar-refractivity contribution is 5.44. The summed E-state index contributed by atoms with van der Waals surface area (Å²) in [6.07, 6.45) is 1.71. The number of halogens is 2. The number of rotatable bonds is 7. The Morgan fingerprint density at radius 1 is 1.39 bits per heavy atom. The minimum atomic E-state index is -0.701. The largest absolute Gasteiger partial charge is 0.389 e. The highest BCUT2D eigenvalue weighted by Gasteiger charge is 2.21. The fraction of sp³-hybridized carbons (Fsp3) is 0.538. The Morgan fingerprint density at radius 2 is 2.17 bits per heavy atom. The molecule has 100 valence electrons. The average molecular weight is 257 g/mol. The van der Waals surface area contributed by atoms with Crippen LogP contribution in [0.4, 0.5) is 14.5 Å². The third-order valence-corrected chi connectivity index (χ3v) is 2.82. The lowest BCUT2D eigenvalue weighted by Crippen LogP contribution is -2.25. The van der Waals surface area contributed by atoms with Crippen LogP contribution in [0.15, 0.2) is 18.2 Å². The van der Waals surface area contributed by atoms with Crippen molar-refractivity contribution in [2.75, 3.05) is 25.1 Å². The molecule has 0 aromatic heterocycles. The maximum atomic E-state index is 13.3. The van der Waals surface area contributed by atoms with E-state index in [1.54, 1.807) is 0 Å². The summed E-state index contributed by atoms with van der Waals surface area (Å²) < 4.78 is 31.2. The number of ether oxygens (including phenoxy) is 1. The maximum Gasteiger partial charge on any atom is 0.149 e. The van der Waals surface area contributed by atoms with Gasteiger partial charge < -0.3 is 15.2 Å². The van der Waals surface area contributed by atoms with Gasteiger partial charge in [0.15, 0.2) is 0 Å². The molecule has 0 saturated heterocycles. The van der Waals surface area contributed by atoms with E-state index in [-0.39, 0.29) is 18.8 Å². The van der Waals surface area contributed by atoms with Crippen molar-refractivity contribution in [3.63, 3.8) is 0 Å². The van der Waals surface area contributed by atoms with Crippen LogP contribution >= 0.6 is 0 Å². The van der Waals surface area contributed by atoms with Gasteiger partial charge in [-0.3, -0.25) is 0 Å². The SMILES string of the molecule is OC(CNc1ccc(F)cc1F)COCC1CC1. The zero-order valence-electron chi connectivity index (χ0n) is 10.0. The molecule has 2 rings (SSSR count). The zero-order valence-corrected chi connectivity index (χ0v) is 10.0. The van der Waals surface area contributed by atoms with Gasteiger partial charge in [-0.05, 0) is 30.9 Å². The minimum absolute atomic E-state index is 0.174. The summed E-state index contributed by atoms with van der Waals surface area (Å²) in [7, 11) is 0. The van der Waals surface area contributed by atoms with Crippen LogP contribution < -0.4 is 5.32 Å². The Bertz CT molecular complexity index is 397. The van der Waals surface area contributed by atoms with E-state index in [0.29, 0.717) is 12.5 Å². The van der Waals surface area contributed by atoms with Gasteiger partial charge in [0.05, 0.1) is 18.4 Å². The molecule has 2 N–H and O–H groups in total. The molecule has 1 aromatic rings. The van der Waals surface area contributed by atoms with Crippen molar-refractivity contribution in [1.29, 1.82) is 0 Å². The number of benzene rings is 1. The molecule has 5 heteroatoms. The van der Waals surface area contributed by atoms with E-state index < -0.39 is 17.7 Å². The lowest BCUT2D eigenvalue weighted by atomic mass is 10.3. The zero-order chi connectivity index (χ0) is 13.0. The van der Waals surface area contributed by atoms with Gasteiger partial charge in [-0.15, -0.1) is 0 Å². The Hall–Kier alpha value is -1.20. The Balaban J connectivity index is 1.68. The molecule has 0 radical (unpaired) electrons. The summed E-state index contributed by atoms with van der Waals surface area (Å²) in [5.74, 6) is -0.632. The van der Waals surface area contributed by atoms with Gasteiger partial charge in [0, 0.05) is 19.2 Å². The predicted octanol–water partition coefficient (Wildman–Crippen LogP) is 2.16. The molecule has 1 fully saturated rings. The first kappa shape index (κ1) is 13.2. The number of hydrogen-bond acceptors (Lipinski definition) is 3. The molecule has 1 atom stereocenters. The van der Waals surface area contributed by atoms with Gasteiger partial charge in [-0.2, -0.15) is 0 Å². The molecule has 0 amide bonds. The van der Waals surface area contributed by atoms with Gasteiger partial charge in [-0.25, -0.2) is 8.78 Å². The molecule has 1 unspecified atom stereocenters. The van der Waals surface area contributed by atoms with E-state index in [1.807, 2.05) is 0 Å². The van der Waals surface area contributed by atoms with Gasteiger partial charge in [0.25, 0.3) is 0 Å². The van der Waals surface area contributed by atoms with Crippen LogP contribution in [0.1, 0.15) is 12.8 Å². The van der Waals surface area contributed by atoms with Crippen LogP contribution in [0.25, 0.3) is 0 Å². The van der Waals surface area contributed by atoms with Gasteiger partial charge in [-0.1, -0.05) is 0 Å². The first-order valence-electron chi connectivity index (χ1n) is 6.10. The molecular formula is C13H17F2NO2. The summed E-state index contributed by atoms with van der Waals surface area (Å²) in [6, 6.07) is 3.28. The third-order valence-electron chi connectivity index (χ3n) is 2.82. The highest BCUT2D eigenvalue weighted by Crippen LogP contribution is 2.28. The van der Waals surface area contributed by atoms with Crippen molar-refractivity contribution in [3.05, 3.63) is 29.8 Å². The maximum absolute atomic E-state index is 13.3. The molecule has 0 heterocycles. The summed E-state index contributed by atoms with van der Waals surface area (Å²) in [5.41, 5.74) is 0.178. The second-order valence-electron chi connectivity index (χ2n) is 4.64. The van der Waals surface area contributed by atoms with E-state index in [4.69, 9.17) is 4.74 Å². The molecular weight excluding hydrogens is 240 g/mol. The molecule has 0 aliphatic heterocycles. The lowest BCUT2D eigenvalue weighted by Gasteiger charge is -2.13. The van der Waals surface area contributed by atoms with Crippen LogP contribution in [0.2, 0.25) is 0 Å². The average Bonchev–Trinajstić information content (AvgIpc) is 3.12. The second kappa shape index (κ2) is 6.11. The molecule has 0 bridgehead atoms. The van der Waals surface area contributed by atoms with Crippen molar-refractivity contribution < 1.29 is 18.6 Å². The molecule has 0 spiro atoms. The van der Waals surface area contributed by atoms with E-state index >= 15 is 0 Å². The Morgan fingerprint density at radius 3 is 2.83 bits per heavy atom. The standard InChI is InChI=1S/C13H17F2NO2/c14-10-3-4-13(12(15)5-10)16-6-11(17)8-18-7-9-1-2-9/h3-5,9,11,16-17H,1-2,6-8H2. The van der Waals surface area contributed by atoms with Crippen LogP contribution in [0.5, 0.6) is 0 Å². The Labute approximate surface area is 105 Å². The summed E-state index contributed by atoms with van der Waals surface area (Å²) >= 11 is 0. The minimum Gasteiger partial charge on any atom is -0.389 e. The van der Waals surface area contributed by atoms with Crippen LogP contribution in [0.3, 0.4) is 0 Å². The molecule has 18 heavy (non-hydrogen) atoms. The number of anilines is 1. The third kappa shape index (κ3) is 4.23. The molecule has 1 aromatic carbocycles. The van der Waals surface area contributed by atoms with Crippen molar-refractivity contribution in [3.8, 4) is 0 Å². The van der Waals surface area contributed by atoms with E-state index in [0.717, 1.165) is 6.07 Å². The van der Waals surface area contributed by atoms with Crippen LogP contribution in [0, 0.1) is 17.6 Å². The van der Waals surface area contributed by atoms with E-state index in [2.05, 4.69) is 5.32 Å². The number of aliphatic hydroxyl groups excluding tert-OH is 1. The van der Waals surface area contributed by atoms with Gasteiger partial charge >= 0.3 is 0 Å². The van der Waals surface area contributed by atoms with E-state index in [1.165, 1.54) is 25.0 Å². The van der Waals surface area contributed by atoms with Crippen LogP contribution in [-0.4, -0.2) is 31.0 Å². The highest BCUT2D eigenvalue weighted by atomic mass is 19.1. The first-order chi connectivity index (χ1) is 8.65. The number of aliphatic hydroxyl groups is 1. The smallest absolute Gasteiger partial charge is 0.149 e. The molecule has 3 nitrogen and oxygen atoms in total. The first-order valence-corrected chi connectivity index (χ1v) is 6.10. The molecule has 1 saturated carbocycles. The van der Waals surface area contributed by atoms with Gasteiger partial charge in [0.1, 0.15) is 11.6 Å². The quantitative estimate of drug-likeness (QED) is 0.786. The van der Waals surface area contributed by atoms with E-state index in [9.17, 15) is 13.9 Å². The monoisotopic (exact) mass is 257 g/mol. The topological polar surface area (TPSA) is 41.5 Å². The fourth-order valence-corrected chi connectivity index (χ4v) is 1.57. The van der Waals surface area contributed by atoms with Crippen molar-refractivity contribution >= 4 is 5.69 Å². The van der Waals surface area contributed by atoms with Crippen LogP contribution in [-0.2, 0) is 4.74 Å².